The fourth-order valence-corrected chi connectivity index (χ4v) is 3.07. The lowest BCUT2D eigenvalue weighted by atomic mass is 10.2. The average molecular weight is 291 g/mol. The van der Waals surface area contributed by atoms with E-state index in [1.807, 2.05) is 25.1 Å². The fourth-order valence-electron chi connectivity index (χ4n) is 1.89. The highest BCUT2D eigenvalue weighted by molar-refractivity contribution is 7.92. The topological polar surface area (TPSA) is 57.6 Å². The number of hydrogen-bond donors (Lipinski definition) is 1. The van der Waals surface area contributed by atoms with Crippen molar-refractivity contribution in [1.82, 2.24) is 0 Å². The van der Waals surface area contributed by atoms with Crippen LogP contribution in [-0.2, 0) is 16.6 Å². The smallest absolute Gasteiger partial charge is 0.264 e. The molecule has 2 aromatic carbocycles. The molecule has 0 aliphatic carbocycles. The summed E-state index contributed by atoms with van der Waals surface area (Å²) >= 11 is 0. The maximum Gasteiger partial charge on any atom is 0.264 e. The van der Waals surface area contributed by atoms with Crippen molar-refractivity contribution in [1.29, 1.82) is 0 Å². The van der Waals surface area contributed by atoms with Gasteiger partial charge in [-0.05, 0) is 42.3 Å². The van der Waals surface area contributed by atoms with E-state index in [9.17, 15) is 8.42 Å². The second-order valence-corrected chi connectivity index (χ2v) is 6.58. The number of rotatable bonds is 4. The van der Waals surface area contributed by atoms with Crippen LogP contribution in [0, 0.1) is 6.92 Å². The number of aliphatic hydroxyl groups is 1. The van der Waals surface area contributed by atoms with Gasteiger partial charge in [0.05, 0.1) is 17.2 Å². The lowest BCUT2D eigenvalue weighted by molar-refractivity contribution is 0.282. The van der Waals surface area contributed by atoms with E-state index in [0.717, 1.165) is 5.56 Å². The van der Waals surface area contributed by atoms with Crippen molar-refractivity contribution < 1.29 is 13.5 Å². The summed E-state index contributed by atoms with van der Waals surface area (Å²) in [6.45, 7) is 1.81. The van der Waals surface area contributed by atoms with Crippen molar-refractivity contribution in [2.45, 2.75) is 18.4 Å². The zero-order chi connectivity index (χ0) is 14.8. The Hall–Kier alpha value is -1.85. The van der Waals surface area contributed by atoms with Crippen molar-refractivity contribution in [3.63, 3.8) is 0 Å². The number of anilines is 1. The molecule has 0 fully saturated rings. The monoisotopic (exact) mass is 291 g/mol. The maximum absolute atomic E-state index is 12.5. The van der Waals surface area contributed by atoms with Crippen LogP contribution in [-0.4, -0.2) is 20.6 Å². The predicted molar refractivity (Wildman–Crippen MR) is 79.1 cm³/mol. The van der Waals surface area contributed by atoms with E-state index >= 15 is 0 Å². The molecule has 2 aromatic rings. The molecule has 0 unspecified atom stereocenters. The number of nitrogens with zero attached hydrogens (tertiary/aromatic N) is 1. The number of hydrogen-bond acceptors (Lipinski definition) is 3. The van der Waals surface area contributed by atoms with Gasteiger partial charge in [-0.15, -0.1) is 0 Å². The SMILES string of the molecule is Cc1cccc(N(C)S(=O)(=O)c2ccc(CO)cc2)c1. The minimum absolute atomic E-state index is 0.103. The zero-order valence-electron chi connectivity index (χ0n) is 11.4. The summed E-state index contributed by atoms with van der Waals surface area (Å²) in [6, 6.07) is 13.5. The summed E-state index contributed by atoms with van der Waals surface area (Å²) in [5.41, 5.74) is 2.30. The Kier molecular flexibility index (Phi) is 4.11. The van der Waals surface area contributed by atoms with E-state index in [0.29, 0.717) is 11.3 Å². The molecule has 0 aromatic heterocycles. The van der Waals surface area contributed by atoms with Crippen LogP contribution in [0.5, 0.6) is 0 Å². The summed E-state index contributed by atoms with van der Waals surface area (Å²) in [5, 5.41) is 8.99. The first-order valence-corrected chi connectivity index (χ1v) is 7.64. The minimum Gasteiger partial charge on any atom is -0.392 e. The molecule has 106 valence electrons. The molecule has 0 saturated carbocycles. The quantitative estimate of drug-likeness (QED) is 0.940. The van der Waals surface area contributed by atoms with Crippen molar-refractivity contribution >= 4 is 15.7 Å². The number of aliphatic hydroxyl groups excluding tert-OH is 1. The van der Waals surface area contributed by atoms with Gasteiger partial charge in [0.2, 0.25) is 0 Å². The Bertz CT molecular complexity index is 693. The highest BCUT2D eigenvalue weighted by atomic mass is 32.2. The Labute approximate surface area is 119 Å². The van der Waals surface area contributed by atoms with Gasteiger partial charge in [-0.2, -0.15) is 0 Å². The Morgan fingerprint density at radius 2 is 1.75 bits per heavy atom. The highest BCUT2D eigenvalue weighted by Crippen LogP contribution is 2.22. The molecule has 0 aliphatic rings. The second kappa shape index (κ2) is 5.64. The molecular formula is C15H17NO3S. The first-order chi connectivity index (χ1) is 9.45. The summed E-state index contributed by atoms with van der Waals surface area (Å²) in [7, 11) is -2.05. The molecule has 4 nitrogen and oxygen atoms in total. The largest absolute Gasteiger partial charge is 0.392 e. The van der Waals surface area contributed by atoms with E-state index in [-0.39, 0.29) is 11.5 Å². The van der Waals surface area contributed by atoms with E-state index in [4.69, 9.17) is 5.11 Å². The first kappa shape index (κ1) is 14.6. The number of aryl methyl sites for hydroxylation is 1. The molecule has 2 rings (SSSR count). The molecule has 0 radical (unpaired) electrons. The zero-order valence-corrected chi connectivity index (χ0v) is 12.3. The fraction of sp³-hybridized carbons (Fsp3) is 0.200. The van der Waals surface area contributed by atoms with Crippen molar-refractivity contribution in [3.05, 3.63) is 59.7 Å². The molecule has 5 heteroatoms. The molecule has 0 atom stereocenters. The highest BCUT2D eigenvalue weighted by Gasteiger charge is 2.21. The summed E-state index contributed by atoms with van der Waals surface area (Å²) in [4.78, 5) is 0.207. The van der Waals surface area contributed by atoms with Gasteiger partial charge in [-0.25, -0.2) is 8.42 Å². The van der Waals surface area contributed by atoms with Gasteiger partial charge < -0.3 is 5.11 Å². The minimum atomic E-state index is -3.58. The molecular weight excluding hydrogens is 274 g/mol. The van der Waals surface area contributed by atoms with Gasteiger partial charge in [0, 0.05) is 7.05 Å². The third-order valence-corrected chi connectivity index (χ3v) is 4.93. The molecule has 0 spiro atoms. The van der Waals surface area contributed by atoms with Crippen LogP contribution < -0.4 is 4.31 Å². The van der Waals surface area contributed by atoms with E-state index in [1.54, 1.807) is 18.2 Å². The lowest BCUT2D eigenvalue weighted by Gasteiger charge is -2.20. The molecule has 0 aliphatic heterocycles. The second-order valence-electron chi connectivity index (χ2n) is 4.61. The van der Waals surface area contributed by atoms with Crippen molar-refractivity contribution in [2.75, 3.05) is 11.4 Å². The average Bonchev–Trinajstić information content (AvgIpc) is 2.46. The van der Waals surface area contributed by atoms with Crippen LogP contribution in [0.4, 0.5) is 5.69 Å². The first-order valence-electron chi connectivity index (χ1n) is 6.20. The summed E-state index contributed by atoms with van der Waals surface area (Å²) in [5.74, 6) is 0. The van der Waals surface area contributed by atoms with Crippen LogP contribution in [0.1, 0.15) is 11.1 Å². The van der Waals surface area contributed by atoms with Crippen LogP contribution >= 0.6 is 0 Å². The van der Waals surface area contributed by atoms with Gasteiger partial charge in [-0.3, -0.25) is 4.31 Å². The maximum atomic E-state index is 12.5. The molecule has 1 N–H and O–H groups in total. The van der Waals surface area contributed by atoms with Crippen molar-refractivity contribution in [2.24, 2.45) is 0 Å². The Morgan fingerprint density at radius 3 is 2.30 bits per heavy atom. The Morgan fingerprint density at radius 1 is 1.10 bits per heavy atom. The van der Waals surface area contributed by atoms with Gasteiger partial charge in [0.15, 0.2) is 0 Å². The number of benzene rings is 2. The van der Waals surface area contributed by atoms with Crippen molar-refractivity contribution in [3.8, 4) is 0 Å². The van der Waals surface area contributed by atoms with E-state index in [2.05, 4.69) is 0 Å². The van der Waals surface area contributed by atoms with E-state index in [1.165, 1.54) is 23.5 Å². The van der Waals surface area contributed by atoms with Crippen LogP contribution in [0.25, 0.3) is 0 Å². The Balaban J connectivity index is 2.38. The molecule has 0 amide bonds. The van der Waals surface area contributed by atoms with Gasteiger partial charge in [0.25, 0.3) is 10.0 Å². The lowest BCUT2D eigenvalue weighted by Crippen LogP contribution is -2.26. The standard InChI is InChI=1S/C15H17NO3S/c1-12-4-3-5-14(10-12)16(2)20(18,19)15-8-6-13(11-17)7-9-15/h3-10,17H,11H2,1-2H3. The van der Waals surface area contributed by atoms with Gasteiger partial charge >= 0.3 is 0 Å². The molecule has 20 heavy (non-hydrogen) atoms. The predicted octanol–water partition coefficient (Wildman–Crippen LogP) is 2.31. The van der Waals surface area contributed by atoms with Crippen LogP contribution in [0.15, 0.2) is 53.4 Å². The third-order valence-electron chi connectivity index (χ3n) is 3.13. The van der Waals surface area contributed by atoms with Gasteiger partial charge in [0.1, 0.15) is 0 Å². The molecule has 0 saturated heterocycles. The third kappa shape index (κ3) is 2.84. The number of sulfonamides is 1. The molecule has 0 heterocycles. The van der Waals surface area contributed by atoms with Gasteiger partial charge in [-0.1, -0.05) is 24.3 Å². The van der Waals surface area contributed by atoms with Crippen LogP contribution in [0.2, 0.25) is 0 Å². The molecule has 0 bridgehead atoms. The normalized spacial score (nSPS) is 11.3. The summed E-state index contributed by atoms with van der Waals surface area (Å²) < 4.78 is 26.3. The summed E-state index contributed by atoms with van der Waals surface area (Å²) in [6.07, 6.45) is 0. The van der Waals surface area contributed by atoms with E-state index < -0.39 is 10.0 Å². The van der Waals surface area contributed by atoms with Crippen LogP contribution in [0.3, 0.4) is 0 Å².